The van der Waals surface area contributed by atoms with Crippen LogP contribution in [0.25, 0.3) is 0 Å². The van der Waals surface area contributed by atoms with Gasteiger partial charge in [-0.2, -0.15) is 0 Å². The fraction of sp³-hybridized carbons (Fsp3) is 0.381. The molecule has 0 bridgehead atoms. The van der Waals surface area contributed by atoms with E-state index in [0.29, 0.717) is 0 Å². The molecule has 2 aromatic rings. The normalized spacial score (nSPS) is 17.9. The predicted octanol–water partition coefficient (Wildman–Crippen LogP) is 5.33. The number of hydrogen-bond acceptors (Lipinski definition) is 3. The maximum absolute atomic E-state index is 14.8. The lowest BCUT2D eigenvalue weighted by Gasteiger charge is -2.16. The second-order valence-corrected chi connectivity index (χ2v) is 8.38. The largest absolute Gasteiger partial charge is 0.508 e. The molecule has 0 saturated heterocycles. The number of carbonyl (C=O) groups is 1. The van der Waals surface area contributed by atoms with E-state index in [4.69, 9.17) is 23.2 Å². The zero-order valence-corrected chi connectivity index (χ0v) is 17.8. The number of carbonyl (C=O) groups excluding carboxylic acids is 1. The molecule has 4 nitrogen and oxygen atoms in total. The minimum absolute atomic E-state index is 0.0826. The van der Waals surface area contributed by atoms with Gasteiger partial charge in [0.15, 0.2) is 5.82 Å². The highest BCUT2D eigenvalue weighted by molar-refractivity contribution is 6.36. The molecule has 1 saturated carbocycles. The molecular formula is C21H21Cl2F3N2O2. The highest BCUT2D eigenvalue weighted by Gasteiger charge is 2.38. The van der Waals surface area contributed by atoms with Crippen molar-refractivity contribution in [3.63, 3.8) is 0 Å². The van der Waals surface area contributed by atoms with Crippen LogP contribution in [0, 0.1) is 11.6 Å². The van der Waals surface area contributed by atoms with Crippen molar-refractivity contribution in [1.82, 2.24) is 5.32 Å². The van der Waals surface area contributed by atoms with Crippen molar-refractivity contribution in [3.05, 3.63) is 56.6 Å². The van der Waals surface area contributed by atoms with Gasteiger partial charge in [-0.1, -0.05) is 43.1 Å². The van der Waals surface area contributed by atoms with Crippen LogP contribution < -0.4 is 10.6 Å². The van der Waals surface area contributed by atoms with Gasteiger partial charge in [0.05, 0.1) is 23.3 Å². The molecular weight excluding hydrogens is 440 g/mol. The second-order valence-electron chi connectivity index (χ2n) is 7.59. The third-order valence-electron chi connectivity index (χ3n) is 4.93. The van der Waals surface area contributed by atoms with Crippen molar-refractivity contribution in [3.8, 4) is 5.75 Å². The standard InChI is InChI=1S/C21H21Cl2F3N2O2/c1-9(2)18-16(29)4-3-10(20(18)25)5-11-12(22)6-15(21(26)19(11)23)27-8-17(30)28-14-7-13(14)24/h3-4,6,9,13-14,27,29H,5,7-8H2,1-2H3,(H,28,30)/t13-,14+/m0/s1. The molecule has 0 aliphatic heterocycles. The van der Waals surface area contributed by atoms with Gasteiger partial charge in [0.25, 0.3) is 0 Å². The Bertz CT molecular complexity index is 985. The van der Waals surface area contributed by atoms with Gasteiger partial charge in [-0.25, -0.2) is 13.2 Å². The van der Waals surface area contributed by atoms with Crippen LogP contribution in [-0.4, -0.2) is 29.8 Å². The molecule has 9 heteroatoms. The third-order valence-corrected chi connectivity index (χ3v) is 5.66. The number of rotatable bonds is 7. The quantitative estimate of drug-likeness (QED) is 0.489. The van der Waals surface area contributed by atoms with E-state index in [1.807, 2.05) is 0 Å². The summed E-state index contributed by atoms with van der Waals surface area (Å²) in [5.41, 5.74) is 0.467. The number of alkyl halides is 1. The Morgan fingerprint density at radius 1 is 1.27 bits per heavy atom. The Morgan fingerprint density at radius 3 is 2.53 bits per heavy atom. The van der Waals surface area contributed by atoms with Gasteiger partial charge < -0.3 is 15.7 Å². The molecule has 0 unspecified atom stereocenters. The van der Waals surface area contributed by atoms with Crippen molar-refractivity contribution in [2.75, 3.05) is 11.9 Å². The van der Waals surface area contributed by atoms with Crippen LogP contribution in [0.15, 0.2) is 18.2 Å². The van der Waals surface area contributed by atoms with Crippen LogP contribution in [-0.2, 0) is 11.2 Å². The fourth-order valence-electron chi connectivity index (χ4n) is 3.17. The van der Waals surface area contributed by atoms with E-state index in [1.165, 1.54) is 18.2 Å². The number of amides is 1. The summed E-state index contributed by atoms with van der Waals surface area (Å²) in [6.07, 6.45) is -0.843. The highest BCUT2D eigenvalue weighted by Crippen LogP contribution is 2.37. The Morgan fingerprint density at radius 2 is 1.93 bits per heavy atom. The molecule has 2 atom stereocenters. The number of nitrogens with one attached hydrogen (secondary N) is 2. The molecule has 1 aliphatic rings. The van der Waals surface area contributed by atoms with Crippen LogP contribution >= 0.6 is 23.2 Å². The first-order chi connectivity index (χ1) is 14.1. The monoisotopic (exact) mass is 460 g/mol. The van der Waals surface area contributed by atoms with Crippen molar-refractivity contribution in [2.24, 2.45) is 0 Å². The summed E-state index contributed by atoms with van der Waals surface area (Å²) < 4.78 is 42.4. The van der Waals surface area contributed by atoms with Crippen molar-refractivity contribution >= 4 is 34.8 Å². The van der Waals surface area contributed by atoms with E-state index < -0.39 is 29.8 Å². The summed E-state index contributed by atoms with van der Waals surface area (Å²) in [5.74, 6) is -2.32. The molecule has 3 rings (SSSR count). The highest BCUT2D eigenvalue weighted by atomic mass is 35.5. The first-order valence-corrected chi connectivity index (χ1v) is 10.2. The minimum Gasteiger partial charge on any atom is -0.508 e. The molecule has 0 radical (unpaired) electrons. The van der Waals surface area contributed by atoms with Gasteiger partial charge in [0.1, 0.15) is 17.7 Å². The molecule has 2 aromatic carbocycles. The number of phenols is 1. The number of benzene rings is 2. The Balaban J connectivity index is 1.80. The number of hydrogen-bond donors (Lipinski definition) is 3. The van der Waals surface area contributed by atoms with E-state index in [9.17, 15) is 23.1 Å². The van der Waals surface area contributed by atoms with Crippen LogP contribution in [0.4, 0.5) is 18.9 Å². The lowest BCUT2D eigenvalue weighted by molar-refractivity contribution is -0.119. The van der Waals surface area contributed by atoms with Gasteiger partial charge in [0, 0.05) is 23.4 Å². The summed E-state index contributed by atoms with van der Waals surface area (Å²) >= 11 is 12.4. The minimum atomic E-state index is -1.04. The molecule has 0 heterocycles. The molecule has 1 aliphatic carbocycles. The lowest BCUT2D eigenvalue weighted by atomic mass is 9.95. The average Bonchev–Trinajstić information content (AvgIpc) is 3.36. The number of aromatic hydroxyl groups is 1. The Hall–Kier alpha value is -2.12. The smallest absolute Gasteiger partial charge is 0.239 e. The Kier molecular flexibility index (Phi) is 6.72. The third kappa shape index (κ3) is 4.78. The fourth-order valence-corrected chi connectivity index (χ4v) is 3.76. The zero-order chi connectivity index (χ0) is 22.2. The SMILES string of the molecule is CC(C)c1c(O)ccc(Cc2c(Cl)cc(NCC(=O)N[C@@H]3C[C@@H]3F)c(F)c2Cl)c1F. The van der Waals surface area contributed by atoms with E-state index in [0.717, 1.165) is 0 Å². The topological polar surface area (TPSA) is 61.4 Å². The summed E-state index contributed by atoms with van der Waals surface area (Å²) in [4.78, 5) is 11.8. The number of anilines is 1. The first-order valence-electron chi connectivity index (χ1n) is 9.44. The van der Waals surface area contributed by atoms with E-state index >= 15 is 0 Å². The first kappa shape index (κ1) is 22.6. The van der Waals surface area contributed by atoms with Crippen LogP contribution in [0.5, 0.6) is 5.75 Å². The maximum Gasteiger partial charge on any atom is 0.239 e. The van der Waals surface area contributed by atoms with Crippen molar-refractivity contribution in [1.29, 1.82) is 0 Å². The summed E-state index contributed by atoms with van der Waals surface area (Å²) in [6.45, 7) is 3.21. The second kappa shape index (κ2) is 8.94. The van der Waals surface area contributed by atoms with Crippen LogP contribution in [0.1, 0.15) is 42.9 Å². The van der Waals surface area contributed by atoms with Gasteiger partial charge in [-0.15, -0.1) is 0 Å². The molecule has 3 N–H and O–H groups in total. The van der Waals surface area contributed by atoms with Gasteiger partial charge in [0.2, 0.25) is 5.91 Å². The number of halogens is 5. The van der Waals surface area contributed by atoms with Crippen molar-refractivity contribution in [2.45, 2.75) is 44.8 Å². The Labute approximate surface area is 182 Å². The van der Waals surface area contributed by atoms with E-state index in [1.54, 1.807) is 13.8 Å². The van der Waals surface area contributed by atoms with E-state index in [-0.39, 0.29) is 63.5 Å². The van der Waals surface area contributed by atoms with Crippen molar-refractivity contribution < 1.29 is 23.1 Å². The molecule has 1 fully saturated rings. The molecule has 0 spiro atoms. The van der Waals surface area contributed by atoms with Gasteiger partial charge in [-0.3, -0.25) is 4.79 Å². The zero-order valence-electron chi connectivity index (χ0n) is 16.3. The summed E-state index contributed by atoms with van der Waals surface area (Å²) in [7, 11) is 0. The van der Waals surface area contributed by atoms with E-state index in [2.05, 4.69) is 10.6 Å². The summed E-state index contributed by atoms with van der Waals surface area (Å²) in [5, 5.41) is 14.8. The molecule has 0 aromatic heterocycles. The average molecular weight is 461 g/mol. The van der Waals surface area contributed by atoms with Crippen LogP contribution in [0.3, 0.4) is 0 Å². The maximum atomic E-state index is 14.8. The lowest BCUT2D eigenvalue weighted by Crippen LogP contribution is -2.32. The molecule has 30 heavy (non-hydrogen) atoms. The van der Waals surface area contributed by atoms with Gasteiger partial charge >= 0.3 is 0 Å². The number of phenolic OH excluding ortho intramolecular Hbond substituents is 1. The predicted molar refractivity (Wildman–Crippen MR) is 111 cm³/mol. The van der Waals surface area contributed by atoms with Crippen LogP contribution in [0.2, 0.25) is 10.0 Å². The van der Waals surface area contributed by atoms with Gasteiger partial charge in [-0.05, 0) is 29.2 Å². The molecule has 1 amide bonds. The molecule has 162 valence electrons. The summed E-state index contributed by atoms with van der Waals surface area (Å²) in [6, 6.07) is 3.55.